The first-order valence-electron chi connectivity index (χ1n) is 10.1. The Morgan fingerprint density at radius 1 is 1.03 bits per heavy atom. The lowest BCUT2D eigenvalue weighted by molar-refractivity contribution is 0.0921. The normalized spacial score (nSPS) is 18.6. The summed E-state index contributed by atoms with van der Waals surface area (Å²) in [6, 6.07) is 16.1. The summed E-state index contributed by atoms with van der Waals surface area (Å²) in [6.45, 7) is 0. The van der Waals surface area contributed by atoms with E-state index in [0.29, 0.717) is 22.6 Å². The number of para-hydroxylation sites is 1. The highest BCUT2D eigenvalue weighted by Gasteiger charge is 2.23. The van der Waals surface area contributed by atoms with Gasteiger partial charge in [-0.25, -0.2) is 9.97 Å². The second-order valence-electron chi connectivity index (χ2n) is 7.54. The lowest BCUT2D eigenvalue weighted by Crippen LogP contribution is -2.49. The Kier molecular flexibility index (Phi) is 5.90. The van der Waals surface area contributed by atoms with E-state index in [9.17, 15) is 9.90 Å². The number of nitrogens with zero attached hydrogens (tertiary/aromatic N) is 2. The molecule has 1 fully saturated rings. The van der Waals surface area contributed by atoms with Crippen molar-refractivity contribution < 1.29 is 9.90 Å². The number of amides is 1. The van der Waals surface area contributed by atoms with E-state index >= 15 is 0 Å². The lowest BCUT2D eigenvalue weighted by atomic mass is 9.91. The maximum Gasteiger partial charge on any atom is 0.251 e. The average Bonchev–Trinajstić information content (AvgIpc) is 2.76. The van der Waals surface area contributed by atoms with E-state index in [1.807, 2.05) is 18.2 Å². The molecule has 3 aromatic rings. The van der Waals surface area contributed by atoms with Gasteiger partial charge in [0.1, 0.15) is 17.9 Å². The molecular formula is C23H25N5O2. The van der Waals surface area contributed by atoms with Crippen LogP contribution < -0.4 is 16.4 Å². The molecule has 0 spiro atoms. The van der Waals surface area contributed by atoms with E-state index in [1.165, 1.54) is 6.33 Å². The van der Waals surface area contributed by atoms with Gasteiger partial charge in [0.15, 0.2) is 0 Å². The maximum atomic E-state index is 12.5. The van der Waals surface area contributed by atoms with Crippen LogP contribution in [0.5, 0.6) is 5.75 Å². The van der Waals surface area contributed by atoms with Crippen LogP contribution >= 0.6 is 0 Å². The lowest BCUT2D eigenvalue weighted by Gasteiger charge is -2.29. The predicted molar refractivity (Wildman–Crippen MR) is 117 cm³/mol. The molecule has 154 valence electrons. The number of hydrogen-bond acceptors (Lipinski definition) is 6. The van der Waals surface area contributed by atoms with Crippen LogP contribution in [0.15, 0.2) is 60.9 Å². The van der Waals surface area contributed by atoms with Crippen LogP contribution in [-0.2, 0) is 0 Å². The second kappa shape index (κ2) is 8.92. The van der Waals surface area contributed by atoms with Gasteiger partial charge < -0.3 is 21.5 Å². The SMILES string of the molecule is NC1CCCCC1NC(=O)c1ccc(Nc2cc(-c3ccccc3O)ncn2)cc1. The molecule has 0 aliphatic heterocycles. The first-order valence-corrected chi connectivity index (χ1v) is 10.1. The summed E-state index contributed by atoms with van der Waals surface area (Å²) in [4.78, 5) is 21.0. The summed E-state index contributed by atoms with van der Waals surface area (Å²) in [6.07, 6.45) is 5.56. The fraction of sp³-hybridized carbons (Fsp3) is 0.261. The molecule has 4 rings (SSSR count). The molecule has 7 nitrogen and oxygen atoms in total. The Hall–Kier alpha value is -3.45. The highest BCUT2D eigenvalue weighted by molar-refractivity contribution is 5.94. The molecule has 1 amide bonds. The summed E-state index contributed by atoms with van der Waals surface area (Å²) in [7, 11) is 0. The zero-order valence-corrected chi connectivity index (χ0v) is 16.6. The van der Waals surface area contributed by atoms with Gasteiger partial charge in [-0.3, -0.25) is 4.79 Å². The number of nitrogens with two attached hydrogens (primary N) is 1. The third-order valence-electron chi connectivity index (χ3n) is 5.40. The van der Waals surface area contributed by atoms with Crippen molar-refractivity contribution in [2.45, 2.75) is 37.8 Å². The minimum atomic E-state index is -0.104. The maximum absolute atomic E-state index is 12.5. The van der Waals surface area contributed by atoms with Crippen molar-refractivity contribution in [3.05, 3.63) is 66.5 Å². The van der Waals surface area contributed by atoms with E-state index in [-0.39, 0.29) is 23.7 Å². The van der Waals surface area contributed by atoms with Crippen LogP contribution in [0.4, 0.5) is 11.5 Å². The zero-order valence-electron chi connectivity index (χ0n) is 16.6. The van der Waals surface area contributed by atoms with Gasteiger partial charge >= 0.3 is 0 Å². The van der Waals surface area contributed by atoms with Gasteiger partial charge in [-0.15, -0.1) is 0 Å². The van der Waals surface area contributed by atoms with Gasteiger partial charge in [0.2, 0.25) is 0 Å². The molecule has 2 unspecified atom stereocenters. The Morgan fingerprint density at radius 2 is 1.80 bits per heavy atom. The average molecular weight is 403 g/mol. The number of carbonyl (C=O) groups excluding carboxylic acids is 1. The quantitative estimate of drug-likeness (QED) is 0.518. The van der Waals surface area contributed by atoms with Crippen molar-refractivity contribution in [1.82, 2.24) is 15.3 Å². The first-order chi connectivity index (χ1) is 14.6. The van der Waals surface area contributed by atoms with Gasteiger partial charge in [0.05, 0.1) is 5.69 Å². The summed E-state index contributed by atoms with van der Waals surface area (Å²) < 4.78 is 0. The van der Waals surface area contributed by atoms with Crippen molar-refractivity contribution >= 4 is 17.4 Å². The second-order valence-corrected chi connectivity index (χ2v) is 7.54. The largest absolute Gasteiger partial charge is 0.507 e. The fourth-order valence-electron chi connectivity index (χ4n) is 3.71. The van der Waals surface area contributed by atoms with E-state index in [0.717, 1.165) is 31.4 Å². The van der Waals surface area contributed by atoms with Crippen molar-refractivity contribution in [1.29, 1.82) is 0 Å². The van der Waals surface area contributed by atoms with Crippen LogP contribution in [0, 0.1) is 0 Å². The predicted octanol–water partition coefficient (Wildman–Crippen LogP) is 3.59. The monoisotopic (exact) mass is 403 g/mol. The summed E-state index contributed by atoms with van der Waals surface area (Å²) in [5.41, 5.74) is 8.77. The minimum absolute atomic E-state index is 0.0275. The summed E-state index contributed by atoms with van der Waals surface area (Å²) in [5, 5.41) is 16.3. The number of aromatic hydroxyl groups is 1. The molecule has 2 atom stereocenters. The molecule has 0 saturated heterocycles. The van der Waals surface area contributed by atoms with E-state index in [4.69, 9.17) is 5.73 Å². The third-order valence-corrected chi connectivity index (χ3v) is 5.40. The fourth-order valence-corrected chi connectivity index (χ4v) is 3.71. The highest BCUT2D eigenvalue weighted by atomic mass is 16.3. The van der Waals surface area contributed by atoms with Gasteiger partial charge in [0.25, 0.3) is 5.91 Å². The molecule has 1 heterocycles. The molecule has 5 N–H and O–H groups in total. The first kappa shape index (κ1) is 19.8. The number of aromatic nitrogens is 2. The molecule has 1 saturated carbocycles. The van der Waals surface area contributed by atoms with Crippen molar-refractivity contribution in [2.75, 3.05) is 5.32 Å². The molecule has 30 heavy (non-hydrogen) atoms. The van der Waals surface area contributed by atoms with E-state index in [2.05, 4.69) is 20.6 Å². The molecule has 1 aliphatic rings. The molecule has 0 bridgehead atoms. The number of benzene rings is 2. The zero-order chi connectivity index (χ0) is 20.9. The molecule has 2 aromatic carbocycles. The molecule has 7 heteroatoms. The number of nitrogens with one attached hydrogen (secondary N) is 2. The van der Waals surface area contributed by atoms with Crippen LogP contribution in [0.1, 0.15) is 36.0 Å². The number of anilines is 2. The standard InChI is InChI=1S/C23H25N5O2/c24-18-6-2-3-7-19(18)28-23(30)15-9-11-16(12-10-15)27-22-13-20(25-14-26-22)17-5-1-4-8-21(17)29/h1,4-5,8-14,18-19,29H,2-3,6-7,24H2,(H,28,30)(H,25,26,27). The number of hydrogen-bond donors (Lipinski definition) is 4. The number of rotatable bonds is 5. The van der Waals surface area contributed by atoms with Gasteiger partial charge in [-0.2, -0.15) is 0 Å². The Bertz CT molecular complexity index is 1020. The molecule has 0 radical (unpaired) electrons. The van der Waals surface area contributed by atoms with Crippen molar-refractivity contribution in [3.63, 3.8) is 0 Å². The van der Waals surface area contributed by atoms with E-state index in [1.54, 1.807) is 36.4 Å². The van der Waals surface area contributed by atoms with Crippen molar-refractivity contribution in [2.24, 2.45) is 5.73 Å². The summed E-state index contributed by atoms with van der Waals surface area (Å²) >= 11 is 0. The Labute approximate surface area is 175 Å². The van der Waals surface area contributed by atoms with E-state index < -0.39 is 0 Å². The van der Waals surface area contributed by atoms with Crippen molar-refractivity contribution in [3.8, 4) is 17.0 Å². The smallest absolute Gasteiger partial charge is 0.251 e. The van der Waals surface area contributed by atoms with Crippen LogP contribution in [0.25, 0.3) is 11.3 Å². The Balaban J connectivity index is 1.43. The third kappa shape index (κ3) is 4.58. The minimum Gasteiger partial charge on any atom is -0.507 e. The highest BCUT2D eigenvalue weighted by Crippen LogP contribution is 2.28. The molecule has 1 aliphatic carbocycles. The van der Waals surface area contributed by atoms with Gasteiger partial charge in [-0.05, 0) is 49.2 Å². The molecule has 1 aromatic heterocycles. The summed E-state index contributed by atoms with van der Waals surface area (Å²) in [5.74, 6) is 0.650. The van der Waals surface area contributed by atoms with Crippen LogP contribution in [0.2, 0.25) is 0 Å². The van der Waals surface area contributed by atoms with Gasteiger partial charge in [-0.1, -0.05) is 25.0 Å². The number of phenolic OH excluding ortho intramolecular Hbond substituents is 1. The Morgan fingerprint density at radius 3 is 2.57 bits per heavy atom. The number of carbonyl (C=O) groups is 1. The molecular weight excluding hydrogens is 378 g/mol. The number of phenols is 1. The topological polar surface area (TPSA) is 113 Å². The van der Waals surface area contributed by atoms with Crippen LogP contribution in [-0.4, -0.2) is 33.1 Å². The van der Waals surface area contributed by atoms with Crippen LogP contribution in [0.3, 0.4) is 0 Å². The van der Waals surface area contributed by atoms with Gasteiger partial charge in [0, 0.05) is 35.0 Å².